The zero-order chi connectivity index (χ0) is 20.5. The van der Waals surface area contributed by atoms with E-state index >= 15 is 0 Å². The number of fused-ring (bicyclic) bond motifs is 7. The molecule has 2 aromatic rings. The lowest BCUT2D eigenvalue weighted by atomic mass is 9.55. The highest BCUT2D eigenvalue weighted by Gasteiger charge is 2.52. The van der Waals surface area contributed by atoms with Gasteiger partial charge in [-0.05, 0) is 96.6 Å². The third kappa shape index (κ3) is 2.50. The summed E-state index contributed by atoms with van der Waals surface area (Å²) in [5.41, 5.74) is 7.90. The summed E-state index contributed by atoms with van der Waals surface area (Å²) in [5.74, 6) is 4.46. The molecule has 4 aliphatic rings. The predicted octanol–water partition coefficient (Wildman–Crippen LogP) is 6.46. The number of ether oxygens (including phenoxy) is 2. The molecule has 2 fully saturated rings. The van der Waals surface area contributed by atoms with Crippen molar-refractivity contribution in [2.45, 2.75) is 63.8 Å². The minimum atomic E-state index is 0.269. The molecule has 2 saturated carbocycles. The highest BCUT2D eigenvalue weighted by molar-refractivity contribution is 5.78. The lowest BCUT2D eigenvalue weighted by Gasteiger charge is -2.51. The second kappa shape index (κ2) is 6.67. The van der Waals surface area contributed by atoms with Gasteiger partial charge in [-0.25, -0.2) is 0 Å². The molecule has 3 nitrogen and oxygen atoms in total. The maximum absolute atomic E-state index is 5.80. The molecule has 0 saturated heterocycles. The second-order valence-corrected chi connectivity index (χ2v) is 10.3. The van der Waals surface area contributed by atoms with Crippen LogP contribution in [0.3, 0.4) is 0 Å². The zero-order valence-corrected chi connectivity index (χ0v) is 18.5. The minimum Gasteiger partial charge on any atom is -0.497 e. The van der Waals surface area contributed by atoms with E-state index in [0.717, 1.165) is 29.3 Å². The van der Waals surface area contributed by atoms with Gasteiger partial charge in [0.15, 0.2) is 0 Å². The monoisotopic (exact) mass is 403 g/mol. The van der Waals surface area contributed by atoms with Crippen molar-refractivity contribution in [2.75, 3.05) is 19.5 Å². The molecule has 6 rings (SSSR count). The van der Waals surface area contributed by atoms with E-state index in [1.165, 1.54) is 61.8 Å². The van der Waals surface area contributed by atoms with Gasteiger partial charge in [-0.1, -0.05) is 25.5 Å². The number of methoxy groups -OCH3 is 2. The molecule has 3 heteroatoms. The molecule has 30 heavy (non-hydrogen) atoms. The summed E-state index contributed by atoms with van der Waals surface area (Å²) in [7, 11) is 3.54. The summed E-state index contributed by atoms with van der Waals surface area (Å²) in [5, 5.41) is 3.73. The number of anilines is 1. The van der Waals surface area contributed by atoms with Crippen molar-refractivity contribution in [3.63, 3.8) is 0 Å². The average molecular weight is 404 g/mol. The standard InChI is InChI=1S/C27H33NO2/c1-27-13-4-5-21(27)19-11-8-17-15-22(30-3)26-24(23(17)20(19)12-14-27)25(28-26)16-6-9-18(29-2)10-7-16/h6-7,9-10,15,19-21,25,28H,4-5,8,11-14H2,1-3H3/t19-,20+,21+,25?,27+/m1/s1. The topological polar surface area (TPSA) is 30.5 Å². The Kier molecular flexibility index (Phi) is 4.13. The van der Waals surface area contributed by atoms with E-state index in [2.05, 4.69) is 42.6 Å². The zero-order valence-electron chi connectivity index (χ0n) is 18.5. The van der Waals surface area contributed by atoms with E-state index in [-0.39, 0.29) is 6.04 Å². The first-order chi connectivity index (χ1) is 14.6. The molecule has 1 unspecified atom stereocenters. The normalized spacial score (nSPS) is 33.3. The Balaban J connectivity index is 1.44. The van der Waals surface area contributed by atoms with Gasteiger partial charge in [0.2, 0.25) is 0 Å². The molecule has 0 bridgehead atoms. The smallest absolute Gasteiger partial charge is 0.142 e. The van der Waals surface area contributed by atoms with Crippen LogP contribution in [0.2, 0.25) is 0 Å². The van der Waals surface area contributed by atoms with Crippen molar-refractivity contribution in [1.82, 2.24) is 0 Å². The van der Waals surface area contributed by atoms with Crippen LogP contribution in [0.15, 0.2) is 30.3 Å². The molecule has 1 N–H and O–H groups in total. The van der Waals surface area contributed by atoms with Crippen molar-refractivity contribution in [1.29, 1.82) is 0 Å². The fourth-order valence-corrected chi connectivity index (χ4v) is 7.55. The van der Waals surface area contributed by atoms with E-state index in [1.807, 2.05) is 0 Å². The van der Waals surface area contributed by atoms with E-state index in [0.29, 0.717) is 5.41 Å². The molecule has 1 aliphatic heterocycles. The van der Waals surface area contributed by atoms with Crippen molar-refractivity contribution in [3.8, 4) is 11.5 Å². The van der Waals surface area contributed by atoms with Gasteiger partial charge < -0.3 is 14.8 Å². The van der Waals surface area contributed by atoms with Crippen LogP contribution >= 0.6 is 0 Å². The third-order valence-electron chi connectivity index (χ3n) is 9.04. The van der Waals surface area contributed by atoms with Gasteiger partial charge in [0.05, 0.1) is 25.9 Å². The molecule has 0 amide bonds. The van der Waals surface area contributed by atoms with Gasteiger partial charge in [-0.15, -0.1) is 0 Å². The first-order valence-corrected chi connectivity index (χ1v) is 11.8. The van der Waals surface area contributed by atoms with Crippen LogP contribution in [0.25, 0.3) is 0 Å². The SMILES string of the molecule is COc1ccc(C2Nc3c(OC)cc4c(c32)[C@H]2CC[C@]3(C)CCC[C@H]3[C@@H]2CC4)cc1. The van der Waals surface area contributed by atoms with Crippen LogP contribution in [0.4, 0.5) is 5.69 Å². The number of nitrogens with one attached hydrogen (secondary N) is 1. The first kappa shape index (κ1) is 18.6. The lowest BCUT2D eigenvalue weighted by Crippen LogP contribution is -2.41. The van der Waals surface area contributed by atoms with Gasteiger partial charge in [-0.3, -0.25) is 0 Å². The van der Waals surface area contributed by atoms with Crippen LogP contribution in [0.5, 0.6) is 11.5 Å². The van der Waals surface area contributed by atoms with Crippen LogP contribution in [-0.2, 0) is 6.42 Å². The van der Waals surface area contributed by atoms with E-state index in [4.69, 9.17) is 9.47 Å². The van der Waals surface area contributed by atoms with Crippen molar-refractivity contribution >= 4 is 5.69 Å². The highest BCUT2D eigenvalue weighted by Crippen LogP contribution is 2.63. The Bertz CT molecular complexity index is 981. The molecule has 0 radical (unpaired) electrons. The van der Waals surface area contributed by atoms with Gasteiger partial charge in [0.25, 0.3) is 0 Å². The summed E-state index contributed by atoms with van der Waals surface area (Å²) in [6, 6.07) is 11.2. The maximum Gasteiger partial charge on any atom is 0.142 e. The van der Waals surface area contributed by atoms with Gasteiger partial charge in [0, 0.05) is 5.56 Å². The molecule has 2 aromatic carbocycles. The second-order valence-electron chi connectivity index (χ2n) is 10.3. The van der Waals surface area contributed by atoms with E-state index in [9.17, 15) is 0 Å². The molecule has 0 aromatic heterocycles. The van der Waals surface area contributed by atoms with Crippen molar-refractivity contribution in [3.05, 3.63) is 52.6 Å². The molecule has 158 valence electrons. The van der Waals surface area contributed by atoms with Crippen molar-refractivity contribution < 1.29 is 9.47 Å². The van der Waals surface area contributed by atoms with Crippen LogP contribution in [0, 0.1) is 17.3 Å². The molecule has 5 atom stereocenters. The molecule has 0 spiro atoms. The number of rotatable bonds is 3. The number of aryl methyl sites for hydroxylation is 1. The maximum atomic E-state index is 5.80. The third-order valence-corrected chi connectivity index (χ3v) is 9.04. The fourth-order valence-electron chi connectivity index (χ4n) is 7.55. The first-order valence-electron chi connectivity index (χ1n) is 11.8. The highest BCUT2D eigenvalue weighted by atomic mass is 16.5. The summed E-state index contributed by atoms with van der Waals surface area (Å²) in [4.78, 5) is 0. The Morgan fingerprint density at radius 3 is 2.57 bits per heavy atom. The largest absolute Gasteiger partial charge is 0.497 e. The van der Waals surface area contributed by atoms with Crippen LogP contribution < -0.4 is 14.8 Å². The van der Waals surface area contributed by atoms with Gasteiger partial charge >= 0.3 is 0 Å². The van der Waals surface area contributed by atoms with Crippen LogP contribution in [-0.4, -0.2) is 14.2 Å². The molecule has 3 aliphatic carbocycles. The summed E-state index contributed by atoms with van der Waals surface area (Å²) in [6.45, 7) is 2.59. The summed E-state index contributed by atoms with van der Waals surface area (Å²) in [6.07, 6.45) is 9.67. The molecular formula is C27H33NO2. The lowest BCUT2D eigenvalue weighted by molar-refractivity contribution is 0.0593. The minimum absolute atomic E-state index is 0.269. The average Bonchev–Trinajstić information content (AvgIpc) is 3.15. The number of hydrogen-bond donors (Lipinski definition) is 1. The predicted molar refractivity (Wildman–Crippen MR) is 121 cm³/mol. The van der Waals surface area contributed by atoms with E-state index < -0.39 is 0 Å². The van der Waals surface area contributed by atoms with Gasteiger partial charge in [-0.2, -0.15) is 0 Å². The Morgan fingerprint density at radius 1 is 0.967 bits per heavy atom. The Hall–Kier alpha value is -2.16. The Labute approximate surface area is 180 Å². The van der Waals surface area contributed by atoms with Crippen LogP contribution in [0.1, 0.15) is 79.7 Å². The molecular weight excluding hydrogens is 370 g/mol. The quantitative estimate of drug-likeness (QED) is 0.637. The van der Waals surface area contributed by atoms with E-state index in [1.54, 1.807) is 25.3 Å². The fraction of sp³-hybridized carbons (Fsp3) is 0.556. The number of hydrogen-bond acceptors (Lipinski definition) is 3. The van der Waals surface area contributed by atoms with Crippen molar-refractivity contribution in [2.24, 2.45) is 17.3 Å². The summed E-state index contributed by atoms with van der Waals surface area (Å²) < 4.78 is 11.2. The summed E-state index contributed by atoms with van der Waals surface area (Å²) >= 11 is 0. The molecule has 1 heterocycles. The Morgan fingerprint density at radius 2 is 1.80 bits per heavy atom. The number of benzene rings is 2. The van der Waals surface area contributed by atoms with Gasteiger partial charge in [0.1, 0.15) is 11.5 Å².